The Kier molecular flexibility index (Phi) is 3.18. The second kappa shape index (κ2) is 4.92. The molecule has 0 aliphatic rings. The summed E-state index contributed by atoms with van der Waals surface area (Å²) in [6.07, 6.45) is 1.16. The molecule has 1 heterocycles. The molecular weight excluding hydrogens is 306 g/mol. The summed E-state index contributed by atoms with van der Waals surface area (Å²) in [6.45, 7) is 1.86. The van der Waals surface area contributed by atoms with Crippen LogP contribution in [0.1, 0.15) is 5.56 Å². The first-order chi connectivity index (χ1) is 10.4. The minimum Gasteiger partial charge on any atom is -0.258 e. The lowest BCUT2D eigenvalue weighted by atomic mass is 10.2. The van der Waals surface area contributed by atoms with Gasteiger partial charge in [-0.2, -0.15) is 0 Å². The second-order valence-electron chi connectivity index (χ2n) is 4.79. The second-order valence-corrected chi connectivity index (χ2v) is 6.60. The van der Waals surface area contributed by atoms with Crippen LogP contribution >= 0.6 is 0 Å². The molecule has 2 aromatic carbocycles. The number of non-ortho nitro benzene ring substituents is 1. The first-order valence-electron chi connectivity index (χ1n) is 6.33. The van der Waals surface area contributed by atoms with E-state index < -0.39 is 14.9 Å². The Labute approximate surface area is 126 Å². The van der Waals surface area contributed by atoms with Crippen LogP contribution in [0.3, 0.4) is 0 Å². The van der Waals surface area contributed by atoms with Gasteiger partial charge >= 0.3 is 0 Å². The van der Waals surface area contributed by atoms with Crippen LogP contribution in [0, 0.1) is 17.0 Å². The number of nitro benzene ring substituents is 1. The summed E-state index contributed by atoms with van der Waals surface area (Å²) in [5.41, 5.74) is 1.37. The van der Waals surface area contributed by atoms with Crippen LogP contribution in [-0.2, 0) is 10.0 Å². The number of imidazole rings is 1. The molecule has 0 radical (unpaired) electrons. The van der Waals surface area contributed by atoms with Crippen molar-refractivity contribution in [3.63, 3.8) is 0 Å². The van der Waals surface area contributed by atoms with Gasteiger partial charge in [0, 0.05) is 12.1 Å². The van der Waals surface area contributed by atoms with Crippen molar-refractivity contribution in [2.75, 3.05) is 0 Å². The Morgan fingerprint density at radius 2 is 1.82 bits per heavy atom. The third-order valence-electron chi connectivity index (χ3n) is 3.29. The molecule has 0 bridgehead atoms. The summed E-state index contributed by atoms with van der Waals surface area (Å²) >= 11 is 0. The van der Waals surface area contributed by atoms with Crippen LogP contribution in [0.25, 0.3) is 11.0 Å². The van der Waals surface area contributed by atoms with Gasteiger partial charge in [0.05, 0.1) is 20.9 Å². The van der Waals surface area contributed by atoms with Crippen molar-refractivity contribution in [2.24, 2.45) is 0 Å². The minimum absolute atomic E-state index is 0.134. The quantitative estimate of drug-likeness (QED) is 0.546. The van der Waals surface area contributed by atoms with E-state index in [4.69, 9.17) is 0 Å². The number of aromatic nitrogens is 2. The van der Waals surface area contributed by atoms with E-state index in [1.807, 2.05) is 6.92 Å². The standard InChI is InChI=1S/C14H11N3O4S/c1-10-2-5-12(6-3-10)22(20,21)16-9-15-13-8-11(17(18)19)4-7-14(13)16/h2-9H,1H3. The predicted molar refractivity (Wildman–Crippen MR) is 80.2 cm³/mol. The largest absolute Gasteiger partial charge is 0.271 e. The van der Waals surface area contributed by atoms with Gasteiger partial charge in [-0.3, -0.25) is 10.1 Å². The van der Waals surface area contributed by atoms with E-state index in [1.54, 1.807) is 12.1 Å². The predicted octanol–water partition coefficient (Wildman–Crippen LogP) is 2.49. The summed E-state index contributed by atoms with van der Waals surface area (Å²) in [6, 6.07) is 10.3. The molecule has 1 aromatic heterocycles. The van der Waals surface area contributed by atoms with E-state index in [0.29, 0.717) is 5.52 Å². The number of nitrogens with zero attached hydrogens (tertiary/aromatic N) is 3. The molecule has 0 saturated carbocycles. The van der Waals surface area contributed by atoms with Gasteiger partial charge in [0.2, 0.25) is 0 Å². The van der Waals surface area contributed by atoms with E-state index in [-0.39, 0.29) is 16.1 Å². The van der Waals surface area contributed by atoms with Crippen molar-refractivity contribution in [1.29, 1.82) is 0 Å². The summed E-state index contributed by atoms with van der Waals surface area (Å²) in [4.78, 5) is 14.3. The van der Waals surface area contributed by atoms with E-state index >= 15 is 0 Å². The third kappa shape index (κ3) is 2.23. The molecule has 0 aliphatic heterocycles. The van der Waals surface area contributed by atoms with E-state index in [2.05, 4.69) is 4.98 Å². The molecule has 0 aliphatic carbocycles. The van der Waals surface area contributed by atoms with E-state index in [1.165, 1.54) is 30.3 Å². The van der Waals surface area contributed by atoms with Gasteiger partial charge in [0.25, 0.3) is 15.7 Å². The highest BCUT2D eigenvalue weighted by molar-refractivity contribution is 7.90. The average molecular weight is 317 g/mol. The van der Waals surface area contributed by atoms with Gasteiger partial charge in [-0.25, -0.2) is 17.4 Å². The topological polar surface area (TPSA) is 95.1 Å². The number of hydrogen-bond acceptors (Lipinski definition) is 5. The number of fused-ring (bicyclic) bond motifs is 1. The van der Waals surface area contributed by atoms with Crippen molar-refractivity contribution >= 4 is 26.7 Å². The van der Waals surface area contributed by atoms with Gasteiger partial charge in [-0.05, 0) is 25.1 Å². The molecule has 8 heteroatoms. The molecular formula is C14H11N3O4S. The van der Waals surface area contributed by atoms with E-state index in [0.717, 1.165) is 15.9 Å². The molecule has 3 aromatic rings. The molecule has 0 atom stereocenters. The van der Waals surface area contributed by atoms with Crippen molar-refractivity contribution < 1.29 is 13.3 Å². The minimum atomic E-state index is -3.79. The molecule has 0 N–H and O–H groups in total. The normalized spacial score (nSPS) is 11.7. The highest BCUT2D eigenvalue weighted by Crippen LogP contribution is 2.23. The summed E-state index contributed by atoms with van der Waals surface area (Å²) in [5, 5.41) is 10.8. The van der Waals surface area contributed by atoms with Crippen molar-refractivity contribution in [1.82, 2.24) is 8.96 Å². The third-order valence-corrected chi connectivity index (χ3v) is 4.96. The maximum Gasteiger partial charge on any atom is 0.271 e. The number of rotatable bonds is 3. The highest BCUT2D eigenvalue weighted by Gasteiger charge is 2.20. The van der Waals surface area contributed by atoms with Gasteiger partial charge in [0.1, 0.15) is 6.33 Å². The van der Waals surface area contributed by atoms with Crippen LogP contribution in [0.5, 0.6) is 0 Å². The first kappa shape index (κ1) is 14.2. The average Bonchev–Trinajstić information content (AvgIpc) is 2.91. The molecule has 0 amide bonds. The van der Waals surface area contributed by atoms with Gasteiger partial charge in [0.15, 0.2) is 0 Å². The molecule has 112 valence electrons. The molecule has 22 heavy (non-hydrogen) atoms. The van der Waals surface area contributed by atoms with Crippen LogP contribution in [0.15, 0.2) is 53.7 Å². The van der Waals surface area contributed by atoms with Crippen molar-refractivity contribution in [2.45, 2.75) is 11.8 Å². The number of aryl methyl sites for hydroxylation is 1. The molecule has 0 fully saturated rings. The van der Waals surface area contributed by atoms with Crippen LogP contribution in [0.4, 0.5) is 5.69 Å². The van der Waals surface area contributed by atoms with E-state index in [9.17, 15) is 18.5 Å². The zero-order chi connectivity index (χ0) is 15.9. The summed E-state index contributed by atoms with van der Waals surface area (Å²) in [5.74, 6) is 0. The smallest absolute Gasteiger partial charge is 0.258 e. The fraction of sp³-hybridized carbons (Fsp3) is 0.0714. The van der Waals surface area contributed by atoms with Crippen LogP contribution in [-0.4, -0.2) is 22.3 Å². The van der Waals surface area contributed by atoms with Gasteiger partial charge in [-0.1, -0.05) is 17.7 Å². The molecule has 7 nitrogen and oxygen atoms in total. The number of nitro groups is 1. The zero-order valence-corrected chi connectivity index (χ0v) is 12.3. The summed E-state index contributed by atoms with van der Waals surface area (Å²) in [7, 11) is -3.79. The SMILES string of the molecule is Cc1ccc(S(=O)(=O)n2cnc3cc([N+](=O)[O-])ccc32)cc1. The van der Waals surface area contributed by atoms with Crippen LogP contribution in [0.2, 0.25) is 0 Å². The lowest BCUT2D eigenvalue weighted by Crippen LogP contribution is -2.11. The van der Waals surface area contributed by atoms with Gasteiger partial charge in [-0.15, -0.1) is 0 Å². The monoisotopic (exact) mass is 317 g/mol. The molecule has 0 unspecified atom stereocenters. The van der Waals surface area contributed by atoms with Crippen LogP contribution < -0.4 is 0 Å². The Hall–Kier alpha value is -2.74. The Balaban J connectivity index is 2.17. The Bertz CT molecular complexity index is 975. The number of benzene rings is 2. The maximum absolute atomic E-state index is 12.6. The van der Waals surface area contributed by atoms with Crippen molar-refractivity contribution in [3.8, 4) is 0 Å². The fourth-order valence-electron chi connectivity index (χ4n) is 2.11. The Morgan fingerprint density at radius 3 is 2.45 bits per heavy atom. The molecule has 0 saturated heterocycles. The zero-order valence-electron chi connectivity index (χ0n) is 11.5. The molecule has 0 spiro atoms. The summed E-state index contributed by atoms with van der Waals surface area (Å²) < 4.78 is 26.3. The lowest BCUT2D eigenvalue weighted by Gasteiger charge is -2.06. The molecule has 3 rings (SSSR count). The Morgan fingerprint density at radius 1 is 1.14 bits per heavy atom. The van der Waals surface area contributed by atoms with Crippen molar-refractivity contribution in [3.05, 3.63) is 64.5 Å². The lowest BCUT2D eigenvalue weighted by molar-refractivity contribution is -0.384. The number of hydrogen-bond donors (Lipinski definition) is 0. The maximum atomic E-state index is 12.6. The highest BCUT2D eigenvalue weighted by atomic mass is 32.2. The van der Waals surface area contributed by atoms with Gasteiger partial charge < -0.3 is 0 Å². The fourth-order valence-corrected chi connectivity index (χ4v) is 3.40. The first-order valence-corrected chi connectivity index (χ1v) is 7.77.